The van der Waals surface area contributed by atoms with Crippen LogP contribution in [0.2, 0.25) is 0 Å². The molecule has 0 heterocycles. The van der Waals surface area contributed by atoms with Gasteiger partial charge in [-0.3, -0.25) is 0 Å². The summed E-state index contributed by atoms with van der Waals surface area (Å²) in [5.41, 5.74) is 0.782. The van der Waals surface area contributed by atoms with E-state index >= 15 is 0 Å². The minimum atomic E-state index is -0.443. The predicted molar refractivity (Wildman–Crippen MR) is 133 cm³/mol. The number of hydrogen-bond donors (Lipinski definition) is 3. The molecular weight excluding hydrogens is 408 g/mol. The van der Waals surface area contributed by atoms with Gasteiger partial charge in [0.25, 0.3) is 0 Å². The average molecular weight is 459 g/mol. The fourth-order valence-electron chi connectivity index (χ4n) is 11.5. The SMILES string of the molecule is C=C(C)C1CCC2(C)CC(O)C3(C)C(CCC4C5(C)CCC(O)C(C)(C)C5CC(O)C43C)C12. The van der Waals surface area contributed by atoms with E-state index in [9.17, 15) is 15.3 Å². The Hall–Kier alpha value is -0.380. The molecule has 0 aromatic heterocycles. The van der Waals surface area contributed by atoms with Crippen LogP contribution < -0.4 is 0 Å². The van der Waals surface area contributed by atoms with Crippen molar-refractivity contribution < 1.29 is 15.3 Å². The normalized spacial score (nSPS) is 59.7. The Morgan fingerprint density at radius 1 is 0.758 bits per heavy atom. The maximum atomic E-state index is 12.0. The summed E-state index contributed by atoms with van der Waals surface area (Å²) in [4.78, 5) is 0. The number of allylic oxidation sites excluding steroid dienone is 1. The summed E-state index contributed by atoms with van der Waals surface area (Å²) in [5, 5.41) is 34.9. The molecule has 0 saturated heterocycles. The van der Waals surface area contributed by atoms with Crippen LogP contribution in [-0.4, -0.2) is 33.6 Å². The van der Waals surface area contributed by atoms with E-state index in [0.717, 1.165) is 38.5 Å². The second-order valence-corrected chi connectivity index (χ2v) is 14.9. The van der Waals surface area contributed by atoms with E-state index in [0.29, 0.717) is 29.6 Å². The fraction of sp³-hybridized carbons (Fsp3) is 0.933. The van der Waals surface area contributed by atoms with Gasteiger partial charge in [-0.25, -0.2) is 0 Å². The summed E-state index contributed by atoms with van der Waals surface area (Å²) in [5.74, 6) is 2.20. The van der Waals surface area contributed by atoms with E-state index in [1.54, 1.807) is 0 Å². The topological polar surface area (TPSA) is 60.7 Å². The fourth-order valence-corrected chi connectivity index (χ4v) is 11.5. The van der Waals surface area contributed by atoms with Gasteiger partial charge in [0, 0.05) is 10.8 Å². The zero-order valence-electron chi connectivity index (χ0n) is 22.3. The first-order valence-electron chi connectivity index (χ1n) is 13.8. The lowest BCUT2D eigenvalue weighted by Gasteiger charge is -2.74. The lowest BCUT2D eigenvalue weighted by atomic mass is 9.31. The van der Waals surface area contributed by atoms with Crippen molar-refractivity contribution in [2.45, 2.75) is 118 Å². The molecule has 188 valence electrons. The first kappa shape index (κ1) is 24.3. The molecule has 0 amide bonds. The average Bonchev–Trinajstić information content (AvgIpc) is 3.06. The van der Waals surface area contributed by atoms with Gasteiger partial charge in [-0.1, -0.05) is 53.7 Å². The van der Waals surface area contributed by atoms with Gasteiger partial charge in [-0.05, 0) is 104 Å². The molecule has 5 aliphatic rings. The van der Waals surface area contributed by atoms with Crippen LogP contribution in [0, 0.1) is 56.7 Å². The number of fused-ring (bicyclic) bond motifs is 7. The molecule has 5 aliphatic carbocycles. The molecule has 3 nitrogen and oxygen atoms in total. The maximum absolute atomic E-state index is 12.0. The zero-order chi connectivity index (χ0) is 24.4. The van der Waals surface area contributed by atoms with E-state index < -0.39 is 6.10 Å². The van der Waals surface area contributed by atoms with Crippen LogP contribution in [-0.2, 0) is 0 Å². The van der Waals surface area contributed by atoms with Crippen molar-refractivity contribution in [1.29, 1.82) is 0 Å². The number of hydrogen-bond acceptors (Lipinski definition) is 3. The molecule has 0 aromatic rings. The first-order chi connectivity index (χ1) is 15.2. The van der Waals surface area contributed by atoms with Crippen LogP contribution in [0.1, 0.15) is 99.8 Å². The van der Waals surface area contributed by atoms with Crippen molar-refractivity contribution >= 4 is 0 Å². The smallest absolute Gasteiger partial charge is 0.0608 e. The number of rotatable bonds is 1. The third kappa shape index (κ3) is 2.74. The molecule has 5 fully saturated rings. The Morgan fingerprint density at radius 3 is 2.06 bits per heavy atom. The van der Waals surface area contributed by atoms with E-state index in [1.807, 2.05) is 0 Å². The van der Waals surface area contributed by atoms with E-state index in [-0.39, 0.29) is 39.3 Å². The van der Waals surface area contributed by atoms with Gasteiger partial charge in [0.1, 0.15) is 0 Å². The van der Waals surface area contributed by atoms with Crippen LogP contribution in [0.15, 0.2) is 12.2 Å². The molecule has 0 aliphatic heterocycles. The summed E-state index contributed by atoms with van der Waals surface area (Å²) in [6.45, 7) is 20.7. The second-order valence-electron chi connectivity index (χ2n) is 14.9. The number of aliphatic hydroxyl groups excluding tert-OH is 3. The van der Waals surface area contributed by atoms with E-state index in [1.165, 1.54) is 18.4 Å². The molecule has 0 aromatic carbocycles. The summed E-state index contributed by atoms with van der Waals surface area (Å²) >= 11 is 0. The largest absolute Gasteiger partial charge is 0.393 e. The van der Waals surface area contributed by atoms with Crippen molar-refractivity contribution in [1.82, 2.24) is 0 Å². The highest BCUT2D eigenvalue weighted by Gasteiger charge is 2.74. The third-order valence-electron chi connectivity index (χ3n) is 13.6. The maximum Gasteiger partial charge on any atom is 0.0608 e. The molecule has 5 rings (SSSR count). The Morgan fingerprint density at radius 2 is 1.42 bits per heavy atom. The van der Waals surface area contributed by atoms with Gasteiger partial charge >= 0.3 is 0 Å². The molecule has 12 atom stereocenters. The van der Waals surface area contributed by atoms with Gasteiger partial charge in [0.2, 0.25) is 0 Å². The van der Waals surface area contributed by atoms with Gasteiger partial charge in [-0.15, -0.1) is 0 Å². The minimum absolute atomic E-state index is 0.0919. The summed E-state index contributed by atoms with van der Waals surface area (Å²) in [6.07, 6.45) is 7.03. The summed E-state index contributed by atoms with van der Waals surface area (Å²) in [6, 6.07) is 0. The quantitative estimate of drug-likeness (QED) is 0.425. The molecule has 0 spiro atoms. The Labute approximate surface area is 202 Å². The predicted octanol–water partition coefficient (Wildman–Crippen LogP) is 5.97. The lowest BCUT2D eigenvalue weighted by Crippen LogP contribution is -2.73. The molecule has 33 heavy (non-hydrogen) atoms. The summed E-state index contributed by atoms with van der Waals surface area (Å²) < 4.78 is 0. The third-order valence-corrected chi connectivity index (χ3v) is 13.6. The van der Waals surface area contributed by atoms with Crippen molar-refractivity contribution in [2.24, 2.45) is 56.7 Å². The van der Waals surface area contributed by atoms with Gasteiger partial charge < -0.3 is 15.3 Å². The van der Waals surface area contributed by atoms with Crippen LogP contribution in [0.25, 0.3) is 0 Å². The Bertz CT molecular complexity index is 834. The van der Waals surface area contributed by atoms with Crippen molar-refractivity contribution in [2.75, 3.05) is 0 Å². The van der Waals surface area contributed by atoms with Crippen LogP contribution in [0.5, 0.6) is 0 Å². The molecule has 3 heteroatoms. The Kier molecular flexibility index (Phi) is 5.23. The molecule has 0 bridgehead atoms. The Balaban J connectivity index is 1.62. The van der Waals surface area contributed by atoms with E-state index in [4.69, 9.17) is 0 Å². The first-order valence-corrected chi connectivity index (χ1v) is 13.8. The monoisotopic (exact) mass is 458 g/mol. The van der Waals surface area contributed by atoms with Gasteiger partial charge in [0.15, 0.2) is 0 Å². The lowest BCUT2D eigenvalue weighted by molar-refractivity contribution is -0.305. The van der Waals surface area contributed by atoms with E-state index in [2.05, 4.69) is 55.0 Å². The molecule has 0 radical (unpaired) electrons. The molecule has 12 unspecified atom stereocenters. The highest BCUT2D eigenvalue weighted by Crippen LogP contribution is 2.77. The van der Waals surface area contributed by atoms with Gasteiger partial charge in [0.05, 0.1) is 18.3 Å². The van der Waals surface area contributed by atoms with Gasteiger partial charge in [-0.2, -0.15) is 0 Å². The molecule has 5 saturated carbocycles. The molecule has 3 N–H and O–H groups in total. The zero-order valence-corrected chi connectivity index (χ0v) is 22.3. The molecular formula is C30H50O3. The minimum Gasteiger partial charge on any atom is -0.393 e. The highest BCUT2D eigenvalue weighted by atomic mass is 16.3. The van der Waals surface area contributed by atoms with Crippen molar-refractivity contribution in [3.05, 3.63) is 12.2 Å². The van der Waals surface area contributed by atoms with Crippen molar-refractivity contribution in [3.8, 4) is 0 Å². The summed E-state index contributed by atoms with van der Waals surface area (Å²) in [7, 11) is 0. The second kappa shape index (κ2) is 7.10. The van der Waals surface area contributed by atoms with Crippen LogP contribution in [0.3, 0.4) is 0 Å². The highest BCUT2D eigenvalue weighted by molar-refractivity contribution is 5.24. The van der Waals surface area contributed by atoms with Crippen LogP contribution in [0.4, 0.5) is 0 Å². The number of aliphatic hydroxyl groups is 3. The van der Waals surface area contributed by atoms with Crippen LogP contribution >= 0.6 is 0 Å². The standard InChI is InChI=1S/C30H50O3/c1-17(2)18-11-13-27(5)16-24(33)29(7)19(25(18)27)9-10-20-28(6)14-12-22(31)26(3,4)21(28)15-23(32)30(20,29)8/h18-25,31-33H,1,9-16H2,2-8H3. The van der Waals surface area contributed by atoms with Crippen molar-refractivity contribution in [3.63, 3.8) is 0 Å².